The van der Waals surface area contributed by atoms with E-state index in [0.29, 0.717) is 62.1 Å². The summed E-state index contributed by atoms with van der Waals surface area (Å²) in [5.74, 6) is -1.51. The van der Waals surface area contributed by atoms with Gasteiger partial charge in [0, 0.05) is 58.0 Å². The van der Waals surface area contributed by atoms with Crippen LogP contribution < -0.4 is 21.3 Å². The van der Waals surface area contributed by atoms with Crippen molar-refractivity contribution in [3.63, 3.8) is 0 Å². The molecule has 3 heterocycles. The summed E-state index contributed by atoms with van der Waals surface area (Å²) in [4.78, 5) is 46.2. The summed E-state index contributed by atoms with van der Waals surface area (Å²) in [7, 11) is 0. The first kappa shape index (κ1) is 35.6. The minimum absolute atomic E-state index is 0.116. The van der Waals surface area contributed by atoms with Gasteiger partial charge in [-0.3, -0.25) is 14.4 Å². The number of alkyl halides is 3. The van der Waals surface area contributed by atoms with E-state index in [9.17, 15) is 32.7 Å². The van der Waals surface area contributed by atoms with Crippen molar-refractivity contribution in [2.45, 2.75) is 33.1 Å². The Bertz CT molecular complexity index is 2240. The van der Waals surface area contributed by atoms with E-state index in [1.165, 1.54) is 17.0 Å². The number of aromatic nitrogens is 3. The second kappa shape index (κ2) is 14.2. The fourth-order valence-corrected chi connectivity index (χ4v) is 5.84. The van der Waals surface area contributed by atoms with E-state index in [1.54, 1.807) is 75.5 Å². The molecule has 0 radical (unpaired) electrons. The van der Waals surface area contributed by atoms with Gasteiger partial charge in [-0.1, -0.05) is 12.1 Å². The minimum Gasteiger partial charge on any atom is -0.394 e. The summed E-state index contributed by atoms with van der Waals surface area (Å²) >= 11 is 0. The third-order valence-corrected chi connectivity index (χ3v) is 8.43. The van der Waals surface area contributed by atoms with Crippen LogP contribution in [0, 0.1) is 20.8 Å². The highest BCUT2D eigenvalue weighted by Crippen LogP contribution is 2.37. The maximum atomic E-state index is 13.7. The van der Waals surface area contributed by atoms with Crippen LogP contribution in [0.15, 0.2) is 73.2 Å². The van der Waals surface area contributed by atoms with Crippen molar-refractivity contribution in [1.29, 1.82) is 0 Å². The Morgan fingerprint density at radius 3 is 2.46 bits per heavy atom. The lowest BCUT2D eigenvalue weighted by atomic mass is 10.0. The van der Waals surface area contributed by atoms with Gasteiger partial charge in [0.2, 0.25) is 0 Å². The van der Waals surface area contributed by atoms with Crippen LogP contribution in [0.2, 0.25) is 0 Å². The van der Waals surface area contributed by atoms with Crippen molar-refractivity contribution < 1.29 is 37.8 Å². The van der Waals surface area contributed by atoms with Crippen LogP contribution >= 0.6 is 0 Å². The van der Waals surface area contributed by atoms with Gasteiger partial charge in [-0.2, -0.15) is 13.2 Å². The number of carbonyl (C=O) groups is 3. The smallest absolute Gasteiger partial charge is 0.394 e. The summed E-state index contributed by atoms with van der Waals surface area (Å²) in [5.41, 5.74) is 4.74. The van der Waals surface area contributed by atoms with E-state index in [1.807, 2.05) is 0 Å². The second-order valence-electron chi connectivity index (χ2n) is 12.3. The maximum absolute atomic E-state index is 13.7. The quantitative estimate of drug-likeness (QED) is 0.0908. The molecule has 0 spiro atoms. The minimum atomic E-state index is -4.68. The number of carbonyl (C=O) groups excluding carboxylic acids is 3. The van der Waals surface area contributed by atoms with Gasteiger partial charge in [0.1, 0.15) is 0 Å². The molecule has 52 heavy (non-hydrogen) atoms. The molecule has 3 amide bonds. The Kier molecular flexibility index (Phi) is 9.73. The van der Waals surface area contributed by atoms with Crippen LogP contribution in [0.5, 0.6) is 0 Å². The normalized spacial score (nSPS) is 13.8. The van der Waals surface area contributed by atoms with Crippen molar-refractivity contribution in [2.24, 2.45) is 0 Å². The van der Waals surface area contributed by atoms with Crippen molar-refractivity contribution in [1.82, 2.24) is 19.9 Å². The molecule has 7 N–H and O–H groups in total. The Balaban J connectivity index is 1.18. The Morgan fingerprint density at radius 2 is 1.75 bits per heavy atom. The first-order valence-electron chi connectivity index (χ1n) is 16.1. The third-order valence-electron chi connectivity index (χ3n) is 8.43. The molecule has 0 fully saturated rings. The highest BCUT2D eigenvalue weighted by molar-refractivity contribution is 6.35. The number of nitrogens with zero attached hydrogens (tertiary/aromatic N) is 2. The zero-order valence-corrected chi connectivity index (χ0v) is 28.1. The molecule has 268 valence electrons. The van der Waals surface area contributed by atoms with Crippen LogP contribution in [0.4, 0.5) is 35.9 Å². The first-order valence-corrected chi connectivity index (χ1v) is 16.1. The number of benzene rings is 3. The molecule has 0 bridgehead atoms. The van der Waals surface area contributed by atoms with E-state index in [4.69, 9.17) is 5.11 Å². The Morgan fingerprint density at radius 1 is 1.00 bits per heavy atom. The molecule has 0 saturated heterocycles. The molecule has 1 aliphatic rings. The van der Waals surface area contributed by atoms with Crippen molar-refractivity contribution in [2.75, 3.05) is 29.1 Å². The zero-order chi connectivity index (χ0) is 37.3. The highest BCUT2D eigenvalue weighted by atomic mass is 19.4. The van der Waals surface area contributed by atoms with Gasteiger partial charge in [-0.05, 0) is 80.9 Å². The molecule has 0 aliphatic carbocycles. The van der Waals surface area contributed by atoms with Crippen LogP contribution in [0.3, 0.4) is 0 Å². The summed E-state index contributed by atoms with van der Waals surface area (Å²) in [5, 5.41) is 29.9. The number of anilines is 4. The highest BCUT2D eigenvalue weighted by Gasteiger charge is 2.32. The standard InChI is InChI=1S/C37H34F3N7O5/c1-19-16-47(18-42-19)27-10-22(9-23(11-27)37(38,39)40)34(50)45-25-6-4-5-24(12-25)44-26-7-8-29-30(35(51)46-32(29)13-26)14-31-20(2)33(21(3)43-31)36(52)41-15-28(49)17-48/h4-14,16,18,28,43-44,48-49H,15,17H2,1-3H3,(H,41,52)(H,45,50)(H,46,51)/b30-14-. The Hall–Kier alpha value is -6.19. The number of fused-ring (bicyclic) bond motifs is 1. The van der Waals surface area contributed by atoms with Gasteiger partial charge in [0.25, 0.3) is 17.7 Å². The summed E-state index contributed by atoms with van der Waals surface area (Å²) in [6.45, 7) is 4.56. The van der Waals surface area contributed by atoms with Crippen molar-refractivity contribution in [3.8, 4) is 5.69 Å². The number of aryl methyl sites for hydroxylation is 2. The average Bonchev–Trinajstić information content (AvgIpc) is 3.76. The molecule has 12 nitrogen and oxygen atoms in total. The predicted molar refractivity (Wildman–Crippen MR) is 190 cm³/mol. The number of halogens is 3. The van der Waals surface area contributed by atoms with E-state index in [-0.39, 0.29) is 23.7 Å². The molecule has 1 unspecified atom stereocenters. The van der Waals surface area contributed by atoms with Gasteiger partial charge < -0.3 is 41.0 Å². The van der Waals surface area contributed by atoms with Crippen LogP contribution in [0.1, 0.15) is 54.5 Å². The number of imidazole rings is 1. The number of hydrogen-bond acceptors (Lipinski definition) is 7. The van der Waals surface area contributed by atoms with E-state index in [2.05, 4.69) is 31.2 Å². The lowest BCUT2D eigenvalue weighted by Crippen LogP contribution is -2.34. The first-order chi connectivity index (χ1) is 24.7. The number of amides is 3. The van der Waals surface area contributed by atoms with E-state index < -0.39 is 36.3 Å². The Labute approximate surface area is 295 Å². The fraction of sp³-hybridized carbons (Fsp3) is 0.189. The second-order valence-corrected chi connectivity index (χ2v) is 12.3. The van der Waals surface area contributed by atoms with E-state index in [0.717, 1.165) is 12.1 Å². The molecule has 0 saturated carbocycles. The van der Waals surface area contributed by atoms with Gasteiger partial charge in [-0.15, -0.1) is 0 Å². The molecular formula is C37H34F3N7O5. The number of H-pyrrole nitrogens is 1. The molecule has 2 aromatic heterocycles. The van der Waals surface area contributed by atoms with Gasteiger partial charge in [0.05, 0.1) is 47.1 Å². The van der Waals surface area contributed by atoms with E-state index >= 15 is 0 Å². The largest absolute Gasteiger partial charge is 0.416 e. The lowest BCUT2D eigenvalue weighted by molar-refractivity contribution is -0.137. The number of aliphatic hydroxyl groups is 2. The predicted octanol–water partition coefficient (Wildman–Crippen LogP) is 5.72. The number of aromatic amines is 1. The molecule has 1 aliphatic heterocycles. The number of nitrogens with one attached hydrogen (secondary N) is 5. The lowest BCUT2D eigenvalue weighted by Gasteiger charge is -2.14. The maximum Gasteiger partial charge on any atom is 0.416 e. The van der Waals surface area contributed by atoms with Crippen molar-refractivity contribution >= 4 is 52.1 Å². The van der Waals surface area contributed by atoms with Gasteiger partial charge in [0.15, 0.2) is 0 Å². The van der Waals surface area contributed by atoms with Crippen molar-refractivity contribution in [3.05, 3.63) is 118 Å². The molecule has 3 aromatic carbocycles. The van der Waals surface area contributed by atoms with Crippen LogP contribution in [-0.4, -0.2) is 61.7 Å². The SMILES string of the molecule is Cc1cn(-c2cc(C(=O)Nc3cccc(Nc4ccc5c(c4)NC(=O)/C5=C\c4[nH]c(C)c(C(=O)NCC(O)CO)c4C)c3)cc(C(F)(F)F)c2)cn1. The van der Waals surface area contributed by atoms with Crippen LogP contribution in [0.25, 0.3) is 17.3 Å². The molecule has 15 heteroatoms. The van der Waals surface area contributed by atoms with Gasteiger partial charge >= 0.3 is 6.18 Å². The van der Waals surface area contributed by atoms with Crippen LogP contribution in [-0.2, 0) is 11.0 Å². The summed E-state index contributed by atoms with van der Waals surface area (Å²) in [6.07, 6.45) is -1.16. The summed E-state index contributed by atoms with van der Waals surface area (Å²) in [6, 6.07) is 15.0. The topological polar surface area (TPSA) is 173 Å². The van der Waals surface area contributed by atoms with Gasteiger partial charge in [-0.25, -0.2) is 4.98 Å². The fourth-order valence-electron chi connectivity index (χ4n) is 5.84. The third kappa shape index (κ3) is 7.60. The molecular weight excluding hydrogens is 679 g/mol. The average molecular weight is 714 g/mol. The number of aliphatic hydroxyl groups excluding tert-OH is 2. The molecule has 5 aromatic rings. The molecule has 1 atom stereocenters. The monoisotopic (exact) mass is 713 g/mol. The molecule has 6 rings (SSSR count). The number of rotatable bonds is 10. The zero-order valence-electron chi connectivity index (χ0n) is 28.1. The number of hydrogen-bond donors (Lipinski definition) is 7. The summed E-state index contributed by atoms with van der Waals surface area (Å²) < 4.78 is 42.6.